The van der Waals surface area contributed by atoms with Crippen LogP contribution in [-0.4, -0.2) is 31.3 Å². The third-order valence-corrected chi connectivity index (χ3v) is 2.88. The highest BCUT2D eigenvalue weighted by atomic mass is 19.1. The normalized spacial score (nSPS) is 10.7. The minimum atomic E-state index is -0.784. The summed E-state index contributed by atoms with van der Waals surface area (Å²) < 4.78 is 14.8. The number of nitrogens with zero attached hydrogens (tertiary/aromatic N) is 4. The number of aliphatic carboxylic acids is 1. The Morgan fingerprint density at radius 3 is 2.90 bits per heavy atom. The molecular weight excluding hydrogens is 263 g/mol. The zero-order valence-electron chi connectivity index (χ0n) is 10.9. The number of hydrogen-bond donors (Lipinski definition) is 1. The Balaban J connectivity index is 1.94. The van der Waals surface area contributed by atoms with Gasteiger partial charge in [-0.25, -0.2) is 9.07 Å². The average molecular weight is 278 g/mol. The minimum absolute atomic E-state index is 0.173. The van der Waals surface area contributed by atoms with Crippen molar-refractivity contribution in [3.05, 3.63) is 30.1 Å². The van der Waals surface area contributed by atoms with Crippen LogP contribution in [0.25, 0.3) is 11.4 Å². The van der Waals surface area contributed by atoms with Crippen molar-refractivity contribution < 1.29 is 14.3 Å². The first-order valence-corrected chi connectivity index (χ1v) is 6.41. The van der Waals surface area contributed by atoms with Crippen LogP contribution in [0, 0.1) is 5.82 Å². The van der Waals surface area contributed by atoms with Gasteiger partial charge in [0.05, 0.1) is 0 Å². The molecule has 6 nitrogen and oxygen atoms in total. The van der Waals surface area contributed by atoms with Crippen molar-refractivity contribution in [2.24, 2.45) is 0 Å². The van der Waals surface area contributed by atoms with Gasteiger partial charge >= 0.3 is 5.97 Å². The van der Waals surface area contributed by atoms with Crippen molar-refractivity contribution in [2.75, 3.05) is 0 Å². The van der Waals surface area contributed by atoms with Crippen molar-refractivity contribution in [2.45, 2.75) is 32.2 Å². The van der Waals surface area contributed by atoms with Crippen molar-refractivity contribution in [1.82, 2.24) is 20.2 Å². The summed E-state index contributed by atoms with van der Waals surface area (Å²) in [6, 6.07) is 6.10. The Bertz CT molecular complexity index is 585. The molecular formula is C13H15FN4O2. The highest BCUT2D eigenvalue weighted by Gasteiger charge is 2.09. The van der Waals surface area contributed by atoms with Gasteiger partial charge in [0.25, 0.3) is 0 Å². The summed E-state index contributed by atoms with van der Waals surface area (Å²) in [6.45, 7) is 0.582. The molecule has 1 N–H and O–H groups in total. The molecule has 106 valence electrons. The number of carboxylic acid groups (broad SMARTS) is 1. The Labute approximate surface area is 115 Å². The molecule has 1 aromatic carbocycles. The first-order chi connectivity index (χ1) is 9.66. The van der Waals surface area contributed by atoms with Crippen molar-refractivity contribution in [3.8, 4) is 11.4 Å². The fraction of sp³-hybridized carbons (Fsp3) is 0.385. The van der Waals surface area contributed by atoms with Crippen LogP contribution < -0.4 is 0 Å². The second-order valence-electron chi connectivity index (χ2n) is 4.44. The lowest BCUT2D eigenvalue weighted by Crippen LogP contribution is -2.04. The molecule has 20 heavy (non-hydrogen) atoms. The topological polar surface area (TPSA) is 80.9 Å². The number of hydrogen-bond acceptors (Lipinski definition) is 4. The molecule has 0 atom stereocenters. The van der Waals surface area contributed by atoms with E-state index in [0.717, 1.165) is 12.8 Å². The summed E-state index contributed by atoms with van der Waals surface area (Å²) in [4.78, 5) is 10.4. The van der Waals surface area contributed by atoms with Gasteiger partial charge in [-0.3, -0.25) is 4.79 Å². The molecule has 1 heterocycles. The zero-order chi connectivity index (χ0) is 14.4. The summed E-state index contributed by atoms with van der Waals surface area (Å²) >= 11 is 0. The number of tetrazole rings is 1. The van der Waals surface area contributed by atoms with Gasteiger partial charge in [-0.2, -0.15) is 0 Å². The number of halogens is 1. The maximum Gasteiger partial charge on any atom is 0.303 e. The lowest BCUT2D eigenvalue weighted by Gasteiger charge is -2.04. The third-order valence-electron chi connectivity index (χ3n) is 2.88. The summed E-state index contributed by atoms with van der Waals surface area (Å²) in [5.74, 6) is -0.603. The Morgan fingerprint density at radius 1 is 1.30 bits per heavy atom. The maximum atomic E-state index is 13.2. The molecule has 0 spiro atoms. The first-order valence-electron chi connectivity index (χ1n) is 6.41. The largest absolute Gasteiger partial charge is 0.481 e. The number of benzene rings is 1. The highest BCUT2D eigenvalue weighted by Crippen LogP contribution is 2.17. The van der Waals surface area contributed by atoms with Gasteiger partial charge in [0.2, 0.25) is 0 Å². The van der Waals surface area contributed by atoms with Crippen molar-refractivity contribution in [1.29, 1.82) is 0 Å². The van der Waals surface area contributed by atoms with Gasteiger partial charge in [0, 0.05) is 18.5 Å². The van der Waals surface area contributed by atoms with Crippen molar-refractivity contribution in [3.63, 3.8) is 0 Å². The van der Waals surface area contributed by atoms with Gasteiger partial charge in [0.15, 0.2) is 5.82 Å². The quantitative estimate of drug-likeness (QED) is 0.785. The predicted octanol–water partition coefficient (Wildman–Crippen LogP) is 2.12. The Kier molecular flexibility index (Phi) is 4.75. The van der Waals surface area contributed by atoms with E-state index in [1.165, 1.54) is 12.1 Å². The van der Waals surface area contributed by atoms with Crippen molar-refractivity contribution >= 4 is 5.97 Å². The van der Waals surface area contributed by atoms with Crippen LogP contribution in [0.5, 0.6) is 0 Å². The molecule has 0 radical (unpaired) electrons. The van der Waals surface area contributed by atoms with Gasteiger partial charge in [-0.05, 0) is 35.4 Å². The number of aryl methyl sites for hydroxylation is 1. The number of rotatable bonds is 7. The Hall–Kier alpha value is -2.31. The van der Waals surface area contributed by atoms with Crippen LogP contribution in [0.15, 0.2) is 24.3 Å². The summed E-state index contributed by atoms with van der Waals surface area (Å²) in [5.41, 5.74) is 0.625. The zero-order valence-corrected chi connectivity index (χ0v) is 10.9. The van der Waals surface area contributed by atoms with E-state index in [2.05, 4.69) is 15.5 Å². The van der Waals surface area contributed by atoms with Crippen LogP contribution in [-0.2, 0) is 11.3 Å². The molecule has 0 aliphatic rings. The van der Waals surface area contributed by atoms with Gasteiger partial charge in [0.1, 0.15) is 5.82 Å². The van der Waals surface area contributed by atoms with E-state index in [9.17, 15) is 9.18 Å². The highest BCUT2D eigenvalue weighted by molar-refractivity contribution is 5.66. The van der Waals surface area contributed by atoms with Gasteiger partial charge in [-0.1, -0.05) is 18.6 Å². The Morgan fingerprint density at radius 2 is 2.15 bits per heavy atom. The fourth-order valence-corrected chi connectivity index (χ4v) is 1.90. The summed E-state index contributed by atoms with van der Waals surface area (Å²) in [5, 5.41) is 19.9. The van der Waals surface area contributed by atoms with Gasteiger partial charge < -0.3 is 5.11 Å². The second-order valence-corrected chi connectivity index (χ2v) is 4.44. The summed E-state index contributed by atoms with van der Waals surface area (Å²) in [6.07, 6.45) is 2.37. The van der Waals surface area contributed by atoms with E-state index >= 15 is 0 Å². The van der Waals surface area contributed by atoms with E-state index in [1.807, 2.05) is 0 Å². The number of unbranched alkanes of at least 4 members (excludes halogenated alkanes) is 2. The fourth-order valence-electron chi connectivity index (χ4n) is 1.90. The van der Waals surface area contributed by atoms with E-state index < -0.39 is 5.97 Å². The molecule has 0 amide bonds. The lowest BCUT2D eigenvalue weighted by molar-refractivity contribution is -0.137. The lowest BCUT2D eigenvalue weighted by atomic mass is 10.2. The molecule has 0 unspecified atom stereocenters. The van der Waals surface area contributed by atoms with E-state index in [-0.39, 0.29) is 12.2 Å². The molecule has 0 bridgehead atoms. The number of carboxylic acids is 1. The second kappa shape index (κ2) is 6.74. The monoisotopic (exact) mass is 278 g/mol. The maximum absolute atomic E-state index is 13.2. The number of carbonyl (C=O) groups is 1. The molecule has 1 aromatic heterocycles. The molecule has 2 aromatic rings. The smallest absolute Gasteiger partial charge is 0.303 e. The predicted molar refractivity (Wildman–Crippen MR) is 69.3 cm³/mol. The first kappa shape index (κ1) is 14.1. The van der Waals surface area contributed by atoms with Crippen LogP contribution in [0.1, 0.15) is 25.7 Å². The summed E-state index contributed by atoms with van der Waals surface area (Å²) in [7, 11) is 0. The SMILES string of the molecule is O=C(O)CCCCCn1nnnc1-c1cccc(F)c1. The third kappa shape index (κ3) is 3.84. The molecule has 0 aliphatic heterocycles. The van der Waals surface area contributed by atoms with Crippen LogP contribution >= 0.6 is 0 Å². The molecule has 0 saturated heterocycles. The van der Waals surface area contributed by atoms with Crippen LogP contribution in [0.2, 0.25) is 0 Å². The van der Waals surface area contributed by atoms with Crippen LogP contribution in [0.4, 0.5) is 4.39 Å². The minimum Gasteiger partial charge on any atom is -0.481 e. The number of aromatic nitrogens is 4. The molecule has 0 saturated carbocycles. The van der Waals surface area contributed by atoms with E-state index in [1.54, 1.807) is 16.8 Å². The van der Waals surface area contributed by atoms with E-state index in [4.69, 9.17) is 5.11 Å². The molecule has 7 heteroatoms. The van der Waals surface area contributed by atoms with E-state index in [0.29, 0.717) is 24.4 Å². The molecule has 0 fully saturated rings. The average Bonchev–Trinajstić information content (AvgIpc) is 2.86. The standard InChI is InChI=1S/C13H15FN4O2/c14-11-6-4-5-10(9-11)13-15-16-17-18(13)8-3-1-2-7-12(19)20/h4-6,9H,1-3,7-8H2,(H,19,20). The molecule has 2 rings (SSSR count). The van der Waals surface area contributed by atoms with Gasteiger partial charge in [-0.15, -0.1) is 5.10 Å². The van der Waals surface area contributed by atoms with Crippen LogP contribution in [0.3, 0.4) is 0 Å². The molecule has 0 aliphatic carbocycles.